The second kappa shape index (κ2) is 5.30. The molecular weight excluding hydrogens is 308 g/mol. The first-order valence-electron chi connectivity index (χ1n) is 6.39. The molecule has 1 atom stereocenters. The number of halogens is 1. The van der Waals surface area contributed by atoms with Gasteiger partial charge in [-0.05, 0) is 37.6 Å². The summed E-state index contributed by atoms with van der Waals surface area (Å²) in [7, 11) is 0. The van der Waals surface area contributed by atoms with E-state index in [2.05, 4.69) is 36.8 Å². The number of nitrogens with zero attached hydrogens (tertiary/aromatic N) is 1. The molecule has 1 amide bonds. The summed E-state index contributed by atoms with van der Waals surface area (Å²) in [5.74, 6) is -0.127. The molecule has 1 aromatic carbocycles. The molecule has 1 saturated heterocycles. The van der Waals surface area contributed by atoms with Crippen molar-refractivity contribution in [2.45, 2.75) is 18.9 Å². The van der Waals surface area contributed by atoms with E-state index in [1.807, 2.05) is 18.2 Å². The van der Waals surface area contributed by atoms with Crippen molar-refractivity contribution in [2.24, 2.45) is 0 Å². The number of H-pyrrole nitrogens is 1. The van der Waals surface area contributed by atoms with E-state index in [-0.39, 0.29) is 5.91 Å². The van der Waals surface area contributed by atoms with Crippen molar-refractivity contribution in [1.82, 2.24) is 20.8 Å². The van der Waals surface area contributed by atoms with Crippen LogP contribution in [-0.4, -0.2) is 35.2 Å². The molecule has 5 nitrogen and oxygen atoms in total. The number of hydrogen-bond donors (Lipinski definition) is 3. The van der Waals surface area contributed by atoms with E-state index < -0.39 is 0 Å². The number of hydrogen-bond acceptors (Lipinski definition) is 3. The first-order valence-corrected chi connectivity index (χ1v) is 7.18. The highest BCUT2D eigenvalue weighted by Gasteiger charge is 2.18. The van der Waals surface area contributed by atoms with Crippen molar-refractivity contribution < 1.29 is 4.79 Å². The van der Waals surface area contributed by atoms with E-state index in [0.29, 0.717) is 18.3 Å². The largest absolute Gasteiger partial charge is 0.349 e. The van der Waals surface area contributed by atoms with Crippen molar-refractivity contribution in [3.63, 3.8) is 0 Å². The van der Waals surface area contributed by atoms with Gasteiger partial charge in [-0.3, -0.25) is 9.89 Å². The number of rotatable bonds is 3. The van der Waals surface area contributed by atoms with Gasteiger partial charge in [-0.2, -0.15) is 5.10 Å². The van der Waals surface area contributed by atoms with E-state index >= 15 is 0 Å². The maximum absolute atomic E-state index is 12.2. The van der Waals surface area contributed by atoms with Crippen LogP contribution in [0.25, 0.3) is 10.9 Å². The first kappa shape index (κ1) is 12.6. The van der Waals surface area contributed by atoms with Gasteiger partial charge in [-0.1, -0.05) is 15.9 Å². The maximum Gasteiger partial charge on any atom is 0.272 e. The van der Waals surface area contributed by atoms with Crippen LogP contribution in [0.3, 0.4) is 0 Å². The van der Waals surface area contributed by atoms with Gasteiger partial charge in [-0.25, -0.2) is 0 Å². The van der Waals surface area contributed by atoms with Crippen molar-refractivity contribution in [1.29, 1.82) is 0 Å². The molecule has 2 heterocycles. The molecule has 0 spiro atoms. The molecule has 0 saturated carbocycles. The molecule has 0 aliphatic carbocycles. The Hall–Kier alpha value is -1.40. The zero-order valence-electron chi connectivity index (χ0n) is 10.4. The lowest BCUT2D eigenvalue weighted by Crippen LogP contribution is -2.37. The average Bonchev–Trinajstić information content (AvgIpc) is 3.04. The van der Waals surface area contributed by atoms with Gasteiger partial charge in [0.15, 0.2) is 5.69 Å². The number of carbonyl (C=O) groups is 1. The Morgan fingerprint density at radius 2 is 2.42 bits per heavy atom. The number of benzene rings is 1. The summed E-state index contributed by atoms with van der Waals surface area (Å²) in [6.45, 7) is 1.69. The topological polar surface area (TPSA) is 69.8 Å². The zero-order chi connectivity index (χ0) is 13.2. The van der Waals surface area contributed by atoms with E-state index in [1.54, 1.807) is 0 Å². The third-order valence-corrected chi connectivity index (χ3v) is 3.90. The summed E-state index contributed by atoms with van der Waals surface area (Å²) >= 11 is 3.41. The molecule has 0 radical (unpaired) electrons. The number of aromatic nitrogens is 2. The van der Waals surface area contributed by atoms with Crippen LogP contribution >= 0.6 is 15.9 Å². The number of amides is 1. The molecule has 3 N–H and O–H groups in total. The van der Waals surface area contributed by atoms with E-state index in [4.69, 9.17) is 0 Å². The number of aromatic amines is 1. The quantitative estimate of drug-likeness (QED) is 0.807. The van der Waals surface area contributed by atoms with Gasteiger partial charge in [0.2, 0.25) is 0 Å². The highest BCUT2D eigenvalue weighted by molar-refractivity contribution is 9.10. The fourth-order valence-corrected chi connectivity index (χ4v) is 2.75. The summed E-state index contributed by atoms with van der Waals surface area (Å²) in [5, 5.41) is 14.1. The minimum atomic E-state index is -0.127. The summed E-state index contributed by atoms with van der Waals surface area (Å²) < 4.78 is 0.938. The Labute approximate surface area is 119 Å². The molecule has 2 aromatic rings. The lowest BCUT2D eigenvalue weighted by atomic mass is 10.2. The summed E-state index contributed by atoms with van der Waals surface area (Å²) in [6, 6.07) is 6.12. The number of nitrogens with one attached hydrogen (secondary N) is 3. The SMILES string of the molecule is O=C(NCC1CCCN1)c1n[nH]c2ccc(Br)cc12. The van der Waals surface area contributed by atoms with Crippen LogP contribution < -0.4 is 10.6 Å². The van der Waals surface area contributed by atoms with Crippen LogP contribution in [0.1, 0.15) is 23.3 Å². The zero-order valence-corrected chi connectivity index (χ0v) is 12.0. The highest BCUT2D eigenvalue weighted by Crippen LogP contribution is 2.20. The van der Waals surface area contributed by atoms with E-state index in [1.165, 1.54) is 6.42 Å². The number of fused-ring (bicyclic) bond motifs is 1. The monoisotopic (exact) mass is 322 g/mol. The lowest BCUT2D eigenvalue weighted by Gasteiger charge is -2.10. The van der Waals surface area contributed by atoms with Crippen LogP contribution in [0.15, 0.2) is 22.7 Å². The van der Waals surface area contributed by atoms with Crippen LogP contribution in [-0.2, 0) is 0 Å². The van der Waals surface area contributed by atoms with Gasteiger partial charge >= 0.3 is 0 Å². The summed E-state index contributed by atoms with van der Waals surface area (Å²) in [5.41, 5.74) is 1.32. The van der Waals surface area contributed by atoms with Gasteiger partial charge in [-0.15, -0.1) is 0 Å². The molecule has 1 aliphatic rings. The molecule has 6 heteroatoms. The normalized spacial score (nSPS) is 18.9. The van der Waals surface area contributed by atoms with E-state index in [0.717, 1.165) is 28.3 Å². The van der Waals surface area contributed by atoms with Crippen LogP contribution in [0.4, 0.5) is 0 Å². The minimum Gasteiger partial charge on any atom is -0.349 e. The highest BCUT2D eigenvalue weighted by atomic mass is 79.9. The molecule has 0 bridgehead atoms. The number of carbonyl (C=O) groups excluding carboxylic acids is 1. The molecule has 100 valence electrons. The molecule has 3 rings (SSSR count). The molecular formula is C13H15BrN4O. The van der Waals surface area contributed by atoms with Crippen LogP contribution in [0.5, 0.6) is 0 Å². The second-order valence-corrected chi connectivity index (χ2v) is 5.68. The van der Waals surface area contributed by atoms with E-state index in [9.17, 15) is 4.79 Å². The molecule has 19 heavy (non-hydrogen) atoms. The Balaban J connectivity index is 1.75. The Bertz CT molecular complexity index is 604. The van der Waals surface area contributed by atoms with Gasteiger partial charge in [0.05, 0.1) is 5.52 Å². The molecule has 1 fully saturated rings. The van der Waals surface area contributed by atoms with Crippen molar-refractivity contribution in [2.75, 3.05) is 13.1 Å². The fraction of sp³-hybridized carbons (Fsp3) is 0.385. The van der Waals surface area contributed by atoms with Gasteiger partial charge in [0.1, 0.15) is 0 Å². The first-order chi connectivity index (χ1) is 9.24. The third-order valence-electron chi connectivity index (χ3n) is 3.41. The Morgan fingerprint density at radius 3 is 3.21 bits per heavy atom. The van der Waals surface area contributed by atoms with Gasteiger partial charge in [0.25, 0.3) is 5.91 Å². The summed E-state index contributed by atoms with van der Waals surface area (Å²) in [6.07, 6.45) is 2.30. The standard InChI is InChI=1S/C13H15BrN4O/c14-8-3-4-11-10(6-8)12(18-17-11)13(19)16-7-9-2-1-5-15-9/h3-4,6,9,15H,1-2,5,7H2,(H,16,19)(H,17,18). The molecule has 1 aromatic heterocycles. The smallest absolute Gasteiger partial charge is 0.272 e. The van der Waals surface area contributed by atoms with Crippen molar-refractivity contribution in [3.8, 4) is 0 Å². The predicted octanol–water partition coefficient (Wildman–Crippen LogP) is 1.81. The van der Waals surface area contributed by atoms with Crippen LogP contribution in [0.2, 0.25) is 0 Å². The molecule has 1 unspecified atom stereocenters. The Kier molecular flexibility index (Phi) is 3.52. The second-order valence-electron chi connectivity index (χ2n) is 4.77. The summed E-state index contributed by atoms with van der Waals surface area (Å²) in [4.78, 5) is 12.2. The molecule has 1 aliphatic heterocycles. The van der Waals surface area contributed by atoms with Gasteiger partial charge < -0.3 is 10.6 Å². The van der Waals surface area contributed by atoms with Crippen molar-refractivity contribution >= 4 is 32.7 Å². The Morgan fingerprint density at radius 1 is 1.53 bits per heavy atom. The predicted molar refractivity (Wildman–Crippen MR) is 77.2 cm³/mol. The van der Waals surface area contributed by atoms with Crippen LogP contribution in [0, 0.1) is 0 Å². The minimum absolute atomic E-state index is 0.127. The van der Waals surface area contributed by atoms with Crippen molar-refractivity contribution in [3.05, 3.63) is 28.4 Å². The lowest BCUT2D eigenvalue weighted by molar-refractivity contribution is 0.0947. The maximum atomic E-state index is 12.2. The van der Waals surface area contributed by atoms with Gasteiger partial charge in [0, 0.05) is 22.4 Å². The third kappa shape index (κ3) is 2.64. The fourth-order valence-electron chi connectivity index (χ4n) is 2.39. The average molecular weight is 323 g/mol.